The lowest BCUT2D eigenvalue weighted by Crippen LogP contribution is -2.47. The fourth-order valence-electron chi connectivity index (χ4n) is 5.12. The van der Waals surface area contributed by atoms with Gasteiger partial charge in [-0.2, -0.15) is 0 Å². The molecule has 176 valence electrons. The van der Waals surface area contributed by atoms with E-state index in [0.29, 0.717) is 6.42 Å². The summed E-state index contributed by atoms with van der Waals surface area (Å²) in [6.07, 6.45) is 7.59. The second-order valence-electron chi connectivity index (χ2n) is 9.58. The Hall–Kier alpha value is -3.34. The minimum absolute atomic E-state index is 0.0258. The molecule has 2 amide bonds. The Morgan fingerprint density at radius 3 is 2.50 bits per heavy atom. The number of aryl methyl sites for hydroxylation is 1. The molecule has 1 saturated carbocycles. The van der Waals surface area contributed by atoms with Crippen molar-refractivity contribution in [1.29, 1.82) is 0 Å². The molecule has 0 N–H and O–H groups in total. The lowest BCUT2D eigenvalue weighted by molar-refractivity contribution is -0.136. The number of amides is 2. The van der Waals surface area contributed by atoms with Crippen LogP contribution in [0.5, 0.6) is 0 Å². The van der Waals surface area contributed by atoms with Gasteiger partial charge in [0.05, 0.1) is 17.1 Å². The largest absolute Gasteiger partial charge is 0.330 e. The molecule has 1 aromatic heterocycles. The number of carbonyl (C=O) groups excluding carboxylic acids is 2. The van der Waals surface area contributed by atoms with Gasteiger partial charge in [-0.05, 0) is 56.0 Å². The molecule has 2 aliphatic rings. The molecule has 1 atom stereocenters. The first kappa shape index (κ1) is 22.5. The Morgan fingerprint density at radius 2 is 1.76 bits per heavy atom. The number of unbranched alkanes of at least 4 members (excludes halogenated alkanes) is 2. The zero-order valence-corrected chi connectivity index (χ0v) is 20.1. The average molecular weight is 456 g/mol. The van der Waals surface area contributed by atoms with Gasteiger partial charge in [-0.25, -0.2) is 0 Å². The number of fused-ring (bicyclic) bond motifs is 3. The van der Waals surface area contributed by atoms with Gasteiger partial charge in [0.15, 0.2) is 0 Å². The maximum Gasteiger partial charge on any atom is 0.247 e. The molecule has 5 nitrogen and oxygen atoms in total. The molecule has 0 bridgehead atoms. The summed E-state index contributed by atoms with van der Waals surface area (Å²) in [7, 11) is 0. The van der Waals surface area contributed by atoms with E-state index in [1.807, 2.05) is 34.1 Å². The first-order chi connectivity index (χ1) is 16.6. The minimum atomic E-state index is -0.242. The second kappa shape index (κ2) is 9.49. The van der Waals surface area contributed by atoms with E-state index < -0.39 is 0 Å². The zero-order valence-electron chi connectivity index (χ0n) is 20.1. The van der Waals surface area contributed by atoms with E-state index in [9.17, 15) is 9.59 Å². The van der Waals surface area contributed by atoms with Gasteiger partial charge in [0.1, 0.15) is 12.6 Å². The van der Waals surface area contributed by atoms with Crippen LogP contribution in [0.2, 0.25) is 0 Å². The highest BCUT2D eigenvalue weighted by Crippen LogP contribution is 2.42. The van der Waals surface area contributed by atoms with Gasteiger partial charge in [0.2, 0.25) is 11.8 Å². The molecule has 5 heteroatoms. The van der Waals surface area contributed by atoms with Crippen molar-refractivity contribution in [3.8, 4) is 5.69 Å². The van der Waals surface area contributed by atoms with Crippen LogP contribution in [0, 0.1) is 6.92 Å². The van der Waals surface area contributed by atoms with Gasteiger partial charge in [0.25, 0.3) is 0 Å². The number of anilines is 1. The van der Waals surface area contributed by atoms with Crippen molar-refractivity contribution >= 4 is 17.5 Å². The molecule has 1 unspecified atom stereocenters. The second-order valence-corrected chi connectivity index (χ2v) is 9.58. The maximum atomic E-state index is 14.1. The van der Waals surface area contributed by atoms with E-state index in [1.165, 1.54) is 0 Å². The van der Waals surface area contributed by atoms with Crippen LogP contribution in [0.25, 0.3) is 5.69 Å². The minimum Gasteiger partial charge on any atom is -0.330 e. The van der Waals surface area contributed by atoms with Crippen molar-refractivity contribution in [2.24, 2.45) is 0 Å². The molecular formula is C29H33N3O2. The number of para-hydroxylation sites is 2. The van der Waals surface area contributed by atoms with Crippen LogP contribution in [0.15, 0.2) is 66.9 Å². The lowest BCUT2D eigenvalue weighted by Gasteiger charge is -2.39. The molecule has 1 aliphatic heterocycles. The predicted molar refractivity (Wildman–Crippen MR) is 135 cm³/mol. The van der Waals surface area contributed by atoms with Crippen LogP contribution in [-0.2, 0) is 9.59 Å². The van der Waals surface area contributed by atoms with E-state index in [0.717, 1.165) is 60.3 Å². The van der Waals surface area contributed by atoms with Crippen LogP contribution in [0.4, 0.5) is 5.69 Å². The van der Waals surface area contributed by atoms with Gasteiger partial charge in [-0.3, -0.25) is 14.5 Å². The normalized spacial score (nSPS) is 16.6. The van der Waals surface area contributed by atoms with Gasteiger partial charge in [-0.15, -0.1) is 0 Å². The smallest absolute Gasteiger partial charge is 0.247 e. The molecule has 0 spiro atoms. The van der Waals surface area contributed by atoms with E-state index in [4.69, 9.17) is 0 Å². The summed E-state index contributed by atoms with van der Waals surface area (Å²) in [6, 6.07) is 20.5. The molecule has 1 fully saturated rings. The maximum absolute atomic E-state index is 14.1. The number of hydrogen-bond donors (Lipinski definition) is 0. The Morgan fingerprint density at radius 1 is 0.971 bits per heavy atom. The SMILES string of the molecule is CCCCCC(=O)N(CC(=O)N1c2ccccc2-n2cccc2C1c1cccc(C)c1)C1CC1. The summed E-state index contributed by atoms with van der Waals surface area (Å²) >= 11 is 0. The monoisotopic (exact) mass is 455 g/mol. The number of carbonyl (C=O) groups is 2. The standard InChI is InChI=1S/C29H33N3O2/c1-3-4-5-15-27(33)31(23-16-17-23)20-28(34)32-25-13-7-6-12-24(25)30-18-9-14-26(30)29(32)22-11-8-10-21(2)19-22/h6-14,18-19,23,29H,3-5,15-17,20H2,1-2H3. The fourth-order valence-corrected chi connectivity index (χ4v) is 5.12. The summed E-state index contributed by atoms with van der Waals surface area (Å²) in [5.41, 5.74) is 5.18. The molecule has 0 saturated heterocycles. The van der Waals surface area contributed by atoms with Crippen molar-refractivity contribution in [2.75, 3.05) is 11.4 Å². The summed E-state index contributed by atoms with van der Waals surface area (Å²) in [5.74, 6) is 0.0900. The topological polar surface area (TPSA) is 45.6 Å². The van der Waals surface area contributed by atoms with Crippen molar-refractivity contribution in [3.05, 3.63) is 83.7 Å². The highest BCUT2D eigenvalue weighted by molar-refractivity contribution is 6.00. The molecular weight excluding hydrogens is 422 g/mol. The van der Waals surface area contributed by atoms with Crippen molar-refractivity contribution in [2.45, 2.75) is 64.5 Å². The summed E-state index contributed by atoms with van der Waals surface area (Å²) in [5, 5.41) is 0. The predicted octanol–water partition coefficient (Wildman–Crippen LogP) is 5.79. The van der Waals surface area contributed by atoms with Crippen molar-refractivity contribution in [1.82, 2.24) is 9.47 Å². The molecule has 3 aromatic rings. The molecule has 0 radical (unpaired) electrons. The number of rotatable bonds is 8. The fraction of sp³-hybridized carbons (Fsp3) is 0.379. The number of benzene rings is 2. The number of nitrogens with zero attached hydrogens (tertiary/aromatic N) is 3. The average Bonchev–Trinajstić information content (AvgIpc) is 3.56. The third-order valence-electron chi connectivity index (χ3n) is 6.95. The van der Waals surface area contributed by atoms with Crippen molar-refractivity contribution < 1.29 is 9.59 Å². The molecule has 2 heterocycles. The van der Waals surface area contributed by atoms with Gasteiger partial charge in [-0.1, -0.05) is 61.7 Å². The van der Waals surface area contributed by atoms with Gasteiger partial charge >= 0.3 is 0 Å². The first-order valence-electron chi connectivity index (χ1n) is 12.5. The third-order valence-corrected chi connectivity index (χ3v) is 6.95. The van der Waals surface area contributed by atoms with Crippen LogP contribution in [0.1, 0.15) is 68.3 Å². The van der Waals surface area contributed by atoms with Gasteiger partial charge < -0.3 is 9.47 Å². The molecule has 34 heavy (non-hydrogen) atoms. The van der Waals surface area contributed by atoms with Crippen LogP contribution in [-0.4, -0.2) is 33.9 Å². The summed E-state index contributed by atoms with van der Waals surface area (Å²) < 4.78 is 2.18. The van der Waals surface area contributed by atoms with E-state index in [-0.39, 0.29) is 30.4 Å². The first-order valence-corrected chi connectivity index (χ1v) is 12.5. The molecule has 5 rings (SSSR count). The van der Waals surface area contributed by atoms with Crippen LogP contribution >= 0.6 is 0 Å². The van der Waals surface area contributed by atoms with E-state index >= 15 is 0 Å². The van der Waals surface area contributed by atoms with E-state index in [1.54, 1.807) is 0 Å². The van der Waals surface area contributed by atoms with Crippen LogP contribution in [0.3, 0.4) is 0 Å². The van der Waals surface area contributed by atoms with Gasteiger partial charge in [0, 0.05) is 18.7 Å². The Bertz CT molecular complexity index is 1190. The lowest BCUT2D eigenvalue weighted by atomic mass is 9.96. The molecule has 1 aliphatic carbocycles. The van der Waals surface area contributed by atoms with E-state index in [2.05, 4.69) is 61.0 Å². The Balaban J connectivity index is 1.52. The van der Waals surface area contributed by atoms with Crippen LogP contribution < -0.4 is 4.90 Å². The highest BCUT2D eigenvalue weighted by Gasteiger charge is 2.39. The number of aromatic nitrogens is 1. The highest BCUT2D eigenvalue weighted by atomic mass is 16.2. The third kappa shape index (κ3) is 4.27. The summed E-state index contributed by atoms with van der Waals surface area (Å²) in [4.78, 5) is 30.9. The quantitative estimate of drug-likeness (QED) is 0.404. The number of hydrogen-bond acceptors (Lipinski definition) is 2. The molecule has 2 aromatic carbocycles. The Labute approximate surface area is 202 Å². The van der Waals surface area contributed by atoms with Crippen molar-refractivity contribution in [3.63, 3.8) is 0 Å². The zero-order chi connectivity index (χ0) is 23.7. The summed E-state index contributed by atoms with van der Waals surface area (Å²) in [6.45, 7) is 4.35. The Kier molecular flexibility index (Phi) is 6.27.